The standard InChI is InChI=1S/C24H27N3O5/c1-16(28)31-14-22(29)27-21-12-25-20-11-18(32-13-17-7-5-4-6-8-17)9-10-19(20)23(21)26-15-24(2,3)30/h4-12,30H,13-15H2,1-3H3,(H,25,26)(H,27,29). The number of carbonyl (C=O) groups is 2. The van der Waals surface area contributed by atoms with Crippen molar-refractivity contribution in [1.29, 1.82) is 0 Å². The first-order valence-electron chi connectivity index (χ1n) is 10.2. The SMILES string of the molecule is CC(=O)OCC(=O)Nc1cnc2cc(OCc3ccccc3)ccc2c1NCC(C)(C)O. The average molecular weight is 437 g/mol. The molecule has 32 heavy (non-hydrogen) atoms. The van der Waals surface area contributed by atoms with Gasteiger partial charge in [-0.25, -0.2) is 0 Å². The van der Waals surface area contributed by atoms with Gasteiger partial charge in [0.1, 0.15) is 12.4 Å². The first-order chi connectivity index (χ1) is 15.2. The van der Waals surface area contributed by atoms with E-state index in [0.29, 0.717) is 29.2 Å². The molecule has 0 radical (unpaired) electrons. The normalized spacial score (nSPS) is 11.1. The smallest absolute Gasteiger partial charge is 0.303 e. The lowest BCUT2D eigenvalue weighted by Gasteiger charge is -2.21. The molecule has 0 unspecified atom stereocenters. The Morgan fingerprint density at radius 3 is 2.56 bits per heavy atom. The summed E-state index contributed by atoms with van der Waals surface area (Å²) in [5.41, 5.74) is 1.75. The molecule has 168 valence electrons. The molecule has 0 saturated carbocycles. The van der Waals surface area contributed by atoms with Crippen LogP contribution in [0.2, 0.25) is 0 Å². The molecule has 0 atom stereocenters. The quantitative estimate of drug-likeness (QED) is 0.440. The molecular formula is C24H27N3O5. The van der Waals surface area contributed by atoms with E-state index in [9.17, 15) is 14.7 Å². The number of hydrogen-bond acceptors (Lipinski definition) is 7. The number of anilines is 2. The molecule has 0 saturated heterocycles. The van der Waals surface area contributed by atoms with Crippen LogP contribution in [0.25, 0.3) is 10.9 Å². The first-order valence-corrected chi connectivity index (χ1v) is 10.2. The summed E-state index contributed by atoms with van der Waals surface area (Å²) in [6.45, 7) is 4.87. The third kappa shape index (κ3) is 6.68. The molecule has 1 heterocycles. The van der Waals surface area contributed by atoms with E-state index in [4.69, 9.17) is 9.47 Å². The Hall–Kier alpha value is -3.65. The van der Waals surface area contributed by atoms with E-state index in [0.717, 1.165) is 10.9 Å². The molecule has 0 bridgehead atoms. The molecule has 8 nitrogen and oxygen atoms in total. The van der Waals surface area contributed by atoms with E-state index in [1.54, 1.807) is 13.8 Å². The number of nitrogens with one attached hydrogen (secondary N) is 2. The lowest BCUT2D eigenvalue weighted by atomic mass is 10.1. The maximum Gasteiger partial charge on any atom is 0.303 e. The van der Waals surface area contributed by atoms with Gasteiger partial charge in [0, 0.05) is 24.9 Å². The van der Waals surface area contributed by atoms with Gasteiger partial charge in [0.05, 0.1) is 28.7 Å². The van der Waals surface area contributed by atoms with Crippen LogP contribution in [0.4, 0.5) is 11.4 Å². The predicted octanol–water partition coefficient (Wildman–Crippen LogP) is 3.50. The number of fused-ring (bicyclic) bond motifs is 1. The van der Waals surface area contributed by atoms with E-state index in [1.807, 2.05) is 48.5 Å². The molecule has 2 aromatic carbocycles. The Kier molecular flexibility index (Phi) is 7.27. The molecule has 0 fully saturated rings. The van der Waals surface area contributed by atoms with Crippen LogP contribution in [0.3, 0.4) is 0 Å². The fourth-order valence-electron chi connectivity index (χ4n) is 2.95. The van der Waals surface area contributed by atoms with Gasteiger partial charge in [0.2, 0.25) is 0 Å². The van der Waals surface area contributed by atoms with Gasteiger partial charge >= 0.3 is 5.97 Å². The summed E-state index contributed by atoms with van der Waals surface area (Å²) in [4.78, 5) is 27.6. The number of benzene rings is 2. The molecule has 8 heteroatoms. The van der Waals surface area contributed by atoms with Gasteiger partial charge in [0.15, 0.2) is 6.61 Å². The highest BCUT2D eigenvalue weighted by Gasteiger charge is 2.17. The average Bonchev–Trinajstić information content (AvgIpc) is 2.75. The molecule has 1 amide bonds. The van der Waals surface area contributed by atoms with Crippen molar-refractivity contribution in [2.45, 2.75) is 33.0 Å². The van der Waals surface area contributed by atoms with E-state index < -0.39 is 24.1 Å². The van der Waals surface area contributed by atoms with Crippen LogP contribution >= 0.6 is 0 Å². The highest BCUT2D eigenvalue weighted by molar-refractivity contribution is 6.03. The second-order valence-electron chi connectivity index (χ2n) is 7.99. The minimum Gasteiger partial charge on any atom is -0.489 e. The van der Waals surface area contributed by atoms with Gasteiger partial charge in [-0.15, -0.1) is 0 Å². The van der Waals surface area contributed by atoms with Crippen LogP contribution in [-0.4, -0.2) is 40.7 Å². The van der Waals surface area contributed by atoms with Crippen LogP contribution in [-0.2, 0) is 20.9 Å². The zero-order valence-electron chi connectivity index (χ0n) is 18.3. The van der Waals surface area contributed by atoms with E-state index in [-0.39, 0.29) is 6.54 Å². The summed E-state index contributed by atoms with van der Waals surface area (Å²) in [6, 6.07) is 15.3. The number of rotatable bonds is 9. The monoisotopic (exact) mass is 437 g/mol. The molecule has 0 aliphatic heterocycles. The Morgan fingerprint density at radius 2 is 1.88 bits per heavy atom. The first kappa shape index (κ1) is 23.0. The number of nitrogens with zero attached hydrogens (tertiary/aromatic N) is 1. The molecule has 1 aromatic heterocycles. The number of hydrogen-bond donors (Lipinski definition) is 3. The molecule has 3 N–H and O–H groups in total. The summed E-state index contributed by atoms with van der Waals surface area (Å²) in [6.07, 6.45) is 1.52. The number of amides is 1. The fraction of sp³-hybridized carbons (Fsp3) is 0.292. The van der Waals surface area contributed by atoms with Crippen molar-refractivity contribution in [2.24, 2.45) is 0 Å². The lowest BCUT2D eigenvalue weighted by molar-refractivity contribution is -0.144. The van der Waals surface area contributed by atoms with Crippen LogP contribution in [0, 0.1) is 0 Å². The van der Waals surface area contributed by atoms with Crippen molar-refractivity contribution in [3.63, 3.8) is 0 Å². The molecular weight excluding hydrogens is 410 g/mol. The van der Waals surface area contributed by atoms with Gasteiger partial charge in [-0.2, -0.15) is 0 Å². The number of aromatic nitrogens is 1. The van der Waals surface area contributed by atoms with Crippen molar-refractivity contribution in [3.8, 4) is 5.75 Å². The minimum absolute atomic E-state index is 0.241. The maximum absolute atomic E-state index is 12.2. The summed E-state index contributed by atoms with van der Waals surface area (Å²) in [5.74, 6) is -0.371. The van der Waals surface area contributed by atoms with E-state index in [1.165, 1.54) is 13.1 Å². The van der Waals surface area contributed by atoms with Gasteiger partial charge in [-0.3, -0.25) is 14.6 Å². The Morgan fingerprint density at radius 1 is 1.12 bits per heavy atom. The molecule has 0 aliphatic rings. The zero-order chi connectivity index (χ0) is 23.1. The van der Waals surface area contributed by atoms with Crippen LogP contribution < -0.4 is 15.4 Å². The second kappa shape index (κ2) is 10.1. The molecule has 0 aliphatic carbocycles. The van der Waals surface area contributed by atoms with Gasteiger partial charge in [0.25, 0.3) is 5.91 Å². The highest BCUT2D eigenvalue weighted by Crippen LogP contribution is 2.32. The largest absolute Gasteiger partial charge is 0.489 e. The number of esters is 1. The Labute approximate surface area is 186 Å². The number of carbonyl (C=O) groups excluding carboxylic acids is 2. The lowest BCUT2D eigenvalue weighted by Crippen LogP contribution is -2.30. The summed E-state index contributed by atoms with van der Waals surface area (Å²) in [7, 11) is 0. The van der Waals surface area contributed by atoms with Crippen molar-refractivity contribution >= 4 is 34.2 Å². The third-order valence-electron chi connectivity index (χ3n) is 4.47. The van der Waals surface area contributed by atoms with Crippen LogP contribution in [0.5, 0.6) is 5.75 Å². The Balaban J connectivity index is 1.86. The van der Waals surface area contributed by atoms with Crippen molar-refractivity contribution < 1.29 is 24.2 Å². The maximum atomic E-state index is 12.2. The number of aliphatic hydroxyl groups is 1. The zero-order valence-corrected chi connectivity index (χ0v) is 18.3. The van der Waals surface area contributed by atoms with Gasteiger partial charge < -0.3 is 25.2 Å². The van der Waals surface area contributed by atoms with Crippen molar-refractivity contribution in [2.75, 3.05) is 23.8 Å². The summed E-state index contributed by atoms with van der Waals surface area (Å²) in [5, 5.41) is 16.8. The molecule has 0 spiro atoms. The summed E-state index contributed by atoms with van der Waals surface area (Å²) < 4.78 is 10.6. The second-order valence-corrected chi connectivity index (χ2v) is 7.99. The molecule has 3 rings (SSSR count). The van der Waals surface area contributed by atoms with Crippen LogP contribution in [0.1, 0.15) is 26.3 Å². The van der Waals surface area contributed by atoms with Crippen molar-refractivity contribution in [3.05, 3.63) is 60.3 Å². The topological polar surface area (TPSA) is 110 Å². The minimum atomic E-state index is -0.979. The Bertz CT molecular complexity index is 1090. The van der Waals surface area contributed by atoms with Gasteiger partial charge in [-0.05, 0) is 31.5 Å². The number of pyridine rings is 1. The number of ether oxygens (including phenoxy) is 2. The summed E-state index contributed by atoms with van der Waals surface area (Å²) >= 11 is 0. The molecule has 3 aromatic rings. The van der Waals surface area contributed by atoms with Gasteiger partial charge in [-0.1, -0.05) is 30.3 Å². The third-order valence-corrected chi connectivity index (χ3v) is 4.47. The highest BCUT2D eigenvalue weighted by atomic mass is 16.5. The van der Waals surface area contributed by atoms with E-state index >= 15 is 0 Å². The van der Waals surface area contributed by atoms with Crippen LogP contribution in [0.15, 0.2) is 54.7 Å². The van der Waals surface area contributed by atoms with Crippen molar-refractivity contribution in [1.82, 2.24) is 4.98 Å². The predicted molar refractivity (Wildman–Crippen MR) is 123 cm³/mol. The van der Waals surface area contributed by atoms with E-state index in [2.05, 4.69) is 15.6 Å². The fourth-order valence-corrected chi connectivity index (χ4v) is 2.95.